The fourth-order valence-electron chi connectivity index (χ4n) is 3.85. The number of carbonyl (C=O) groups excluding carboxylic acids is 3. The van der Waals surface area contributed by atoms with Crippen molar-refractivity contribution in [3.8, 4) is 0 Å². The van der Waals surface area contributed by atoms with E-state index in [-0.39, 0.29) is 18.4 Å². The number of para-hydroxylation sites is 1. The highest BCUT2D eigenvalue weighted by atomic mass is 79.9. The Morgan fingerprint density at radius 1 is 1.23 bits per heavy atom. The number of urea groups is 1. The molecule has 0 unspecified atom stereocenters. The van der Waals surface area contributed by atoms with Gasteiger partial charge in [0, 0.05) is 34.2 Å². The summed E-state index contributed by atoms with van der Waals surface area (Å²) in [6.45, 7) is 3.14. The van der Waals surface area contributed by atoms with Gasteiger partial charge in [-0.3, -0.25) is 14.9 Å². The summed E-state index contributed by atoms with van der Waals surface area (Å²) in [5.41, 5.74) is 1.17. The number of likely N-dealkylation sites (tertiary alicyclic amines) is 1. The van der Waals surface area contributed by atoms with Crippen LogP contribution in [0.15, 0.2) is 28.7 Å². The summed E-state index contributed by atoms with van der Waals surface area (Å²) >= 11 is 3.61. The largest absolute Gasteiger partial charge is 0.341 e. The molecule has 26 heavy (non-hydrogen) atoms. The van der Waals surface area contributed by atoms with Crippen LogP contribution in [0.3, 0.4) is 0 Å². The van der Waals surface area contributed by atoms with Gasteiger partial charge in [0.2, 0.25) is 5.91 Å². The summed E-state index contributed by atoms with van der Waals surface area (Å²) in [6, 6.07) is 7.52. The highest BCUT2D eigenvalue weighted by molar-refractivity contribution is 9.10. The van der Waals surface area contributed by atoms with E-state index in [0.29, 0.717) is 25.9 Å². The molecule has 0 saturated carbocycles. The van der Waals surface area contributed by atoms with Crippen LogP contribution < -0.4 is 10.6 Å². The van der Waals surface area contributed by atoms with Gasteiger partial charge >= 0.3 is 6.03 Å². The molecule has 1 aromatic carbocycles. The fraction of sp³-hybridized carbons (Fsp3) is 0.389. The fourth-order valence-corrected chi connectivity index (χ4v) is 4.40. The smallest absolute Gasteiger partial charge is 0.322 e. The lowest BCUT2D eigenvalue weighted by Crippen LogP contribution is -2.56. The highest BCUT2D eigenvalue weighted by Gasteiger charge is 2.48. The van der Waals surface area contributed by atoms with Crippen LogP contribution in [0.2, 0.25) is 0 Å². The number of amides is 4. The molecule has 2 N–H and O–H groups in total. The predicted molar refractivity (Wildman–Crippen MR) is 99.6 cm³/mol. The third kappa shape index (κ3) is 2.59. The number of halogens is 1. The number of imide groups is 1. The van der Waals surface area contributed by atoms with E-state index >= 15 is 0 Å². The van der Waals surface area contributed by atoms with Crippen molar-refractivity contribution in [2.75, 3.05) is 13.1 Å². The Kier molecular flexibility index (Phi) is 4.02. The molecule has 0 atom stereocenters. The van der Waals surface area contributed by atoms with E-state index in [4.69, 9.17) is 0 Å². The van der Waals surface area contributed by atoms with Crippen LogP contribution in [0, 0.1) is 6.92 Å². The molecule has 1 aromatic heterocycles. The number of fused-ring (bicyclic) bond motifs is 1. The second-order valence-corrected chi connectivity index (χ2v) is 7.67. The van der Waals surface area contributed by atoms with Gasteiger partial charge in [-0.05, 0) is 41.8 Å². The van der Waals surface area contributed by atoms with Crippen molar-refractivity contribution >= 4 is 44.7 Å². The summed E-state index contributed by atoms with van der Waals surface area (Å²) in [5, 5.41) is 6.09. The maximum Gasteiger partial charge on any atom is 0.322 e. The number of nitrogens with one attached hydrogen (secondary N) is 2. The third-order valence-electron chi connectivity index (χ3n) is 5.43. The monoisotopic (exact) mass is 418 g/mol. The van der Waals surface area contributed by atoms with Crippen LogP contribution >= 0.6 is 15.9 Å². The summed E-state index contributed by atoms with van der Waals surface area (Å²) in [5.74, 6) is -0.272. The molecule has 2 aliphatic rings. The minimum Gasteiger partial charge on any atom is -0.341 e. The van der Waals surface area contributed by atoms with Crippen molar-refractivity contribution < 1.29 is 14.4 Å². The average molecular weight is 419 g/mol. The molecule has 8 heteroatoms. The van der Waals surface area contributed by atoms with Gasteiger partial charge in [0.1, 0.15) is 12.1 Å². The SMILES string of the molecule is Cc1c(Br)c2ccccc2n1CC(=O)N1CCC2(CC1)NC(=O)NC2=O. The Morgan fingerprint density at radius 3 is 2.58 bits per heavy atom. The molecule has 0 aliphatic carbocycles. The summed E-state index contributed by atoms with van der Waals surface area (Å²) in [7, 11) is 0. The first-order valence-electron chi connectivity index (χ1n) is 8.56. The van der Waals surface area contributed by atoms with Gasteiger partial charge in [0.05, 0.1) is 0 Å². The summed E-state index contributed by atoms with van der Waals surface area (Å²) in [6.07, 6.45) is 0.872. The molecule has 2 aliphatic heterocycles. The van der Waals surface area contributed by atoms with Crippen molar-refractivity contribution in [3.63, 3.8) is 0 Å². The molecule has 3 heterocycles. The maximum atomic E-state index is 12.8. The molecule has 1 spiro atoms. The van der Waals surface area contributed by atoms with Gasteiger partial charge in [0.15, 0.2) is 0 Å². The minimum absolute atomic E-state index is 0.0148. The zero-order valence-electron chi connectivity index (χ0n) is 14.3. The number of hydrogen-bond acceptors (Lipinski definition) is 3. The molecule has 4 amide bonds. The molecule has 4 rings (SSSR count). The van der Waals surface area contributed by atoms with Crippen molar-refractivity contribution in [1.29, 1.82) is 0 Å². The zero-order valence-corrected chi connectivity index (χ0v) is 15.9. The Bertz CT molecular complexity index is 928. The molecule has 2 aromatic rings. The van der Waals surface area contributed by atoms with Gasteiger partial charge in [-0.2, -0.15) is 0 Å². The highest BCUT2D eigenvalue weighted by Crippen LogP contribution is 2.31. The predicted octanol–water partition coefficient (Wildman–Crippen LogP) is 1.91. The second-order valence-electron chi connectivity index (χ2n) is 6.87. The quantitative estimate of drug-likeness (QED) is 0.730. The van der Waals surface area contributed by atoms with E-state index in [1.54, 1.807) is 4.90 Å². The van der Waals surface area contributed by atoms with Crippen LogP contribution in [0.4, 0.5) is 4.79 Å². The minimum atomic E-state index is -0.854. The van der Waals surface area contributed by atoms with Gasteiger partial charge in [-0.1, -0.05) is 18.2 Å². The van der Waals surface area contributed by atoms with Crippen molar-refractivity contribution in [2.24, 2.45) is 0 Å². The summed E-state index contributed by atoms with van der Waals surface area (Å²) < 4.78 is 3.01. The van der Waals surface area contributed by atoms with Gasteiger partial charge in [0.25, 0.3) is 5.91 Å². The standard InChI is InChI=1S/C18H19BrN4O3/c1-11-15(19)12-4-2-3-5-13(12)23(11)10-14(24)22-8-6-18(7-9-22)16(25)20-17(26)21-18/h2-5H,6-10H2,1H3,(H2,20,21,25,26). The first-order valence-corrected chi connectivity index (χ1v) is 9.35. The molecule has 2 fully saturated rings. The Balaban J connectivity index is 1.50. The van der Waals surface area contributed by atoms with Crippen LogP contribution in [0.1, 0.15) is 18.5 Å². The second kappa shape index (κ2) is 6.12. The molecule has 2 saturated heterocycles. The van der Waals surface area contributed by atoms with Crippen LogP contribution in [0.25, 0.3) is 10.9 Å². The van der Waals surface area contributed by atoms with Gasteiger partial charge in [-0.15, -0.1) is 0 Å². The van der Waals surface area contributed by atoms with E-state index in [1.807, 2.05) is 35.8 Å². The molecule has 0 radical (unpaired) electrons. The van der Waals surface area contributed by atoms with Gasteiger partial charge in [-0.25, -0.2) is 4.79 Å². The number of piperidine rings is 1. The maximum absolute atomic E-state index is 12.8. The molecule has 0 bridgehead atoms. The molecular weight excluding hydrogens is 400 g/mol. The van der Waals surface area contributed by atoms with Crippen LogP contribution in [-0.4, -0.2) is 45.9 Å². The normalized spacial score (nSPS) is 19.1. The third-order valence-corrected chi connectivity index (χ3v) is 6.43. The van der Waals surface area contributed by atoms with E-state index in [0.717, 1.165) is 21.1 Å². The Hall–Kier alpha value is -2.35. The van der Waals surface area contributed by atoms with E-state index in [1.165, 1.54) is 0 Å². The first kappa shape index (κ1) is 17.1. The summed E-state index contributed by atoms with van der Waals surface area (Å²) in [4.78, 5) is 38.0. The number of aromatic nitrogens is 1. The average Bonchev–Trinajstić information content (AvgIpc) is 3.04. The van der Waals surface area contributed by atoms with Gasteiger partial charge < -0.3 is 14.8 Å². The Labute approximate surface area is 158 Å². The van der Waals surface area contributed by atoms with E-state index in [9.17, 15) is 14.4 Å². The van der Waals surface area contributed by atoms with Crippen molar-refractivity contribution in [1.82, 2.24) is 20.1 Å². The number of benzene rings is 1. The van der Waals surface area contributed by atoms with Crippen molar-refractivity contribution in [3.05, 3.63) is 34.4 Å². The van der Waals surface area contributed by atoms with E-state index in [2.05, 4.69) is 26.6 Å². The van der Waals surface area contributed by atoms with E-state index < -0.39 is 11.6 Å². The van der Waals surface area contributed by atoms with Crippen LogP contribution in [-0.2, 0) is 16.1 Å². The Morgan fingerprint density at radius 2 is 1.92 bits per heavy atom. The number of hydrogen-bond donors (Lipinski definition) is 2. The number of nitrogens with zero attached hydrogens (tertiary/aromatic N) is 2. The molecular formula is C18H19BrN4O3. The lowest BCUT2D eigenvalue weighted by Gasteiger charge is -2.37. The number of rotatable bonds is 2. The lowest BCUT2D eigenvalue weighted by molar-refractivity contribution is -0.136. The van der Waals surface area contributed by atoms with Crippen molar-refractivity contribution in [2.45, 2.75) is 31.8 Å². The first-order chi connectivity index (χ1) is 12.4. The lowest BCUT2D eigenvalue weighted by atomic mass is 9.87. The molecule has 136 valence electrons. The zero-order chi connectivity index (χ0) is 18.5. The topological polar surface area (TPSA) is 83.4 Å². The number of carbonyl (C=O) groups is 3. The molecule has 7 nitrogen and oxygen atoms in total. The van der Waals surface area contributed by atoms with Crippen LogP contribution in [0.5, 0.6) is 0 Å².